The third-order valence-corrected chi connectivity index (χ3v) is 3.93. The number of hydrogen-bond acceptors (Lipinski definition) is 3. The first-order valence-corrected chi connectivity index (χ1v) is 6.99. The molecule has 1 aliphatic carbocycles. The summed E-state index contributed by atoms with van der Waals surface area (Å²) >= 11 is 3.18. The molecule has 1 amide bonds. The Morgan fingerprint density at radius 1 is 1.53 bits per heavy atom. The third-order valence-electron chi connectivity index (χ3n) is 3.48. The largest absolute Gasteiger partial charge is 0.393 e. The molecule has 2 atom stereocenters. The van der Waals surface area contributed by atoms with E-state index < -0.39 is 11.7 Å². The van der Waals surface area contributed by atoms with E-state index in [4.69, 9.17) is 5.73 Å². The number of nitrogens with one attached hydrogen (secondary N) is 1. The van der Waals surface area contributed by atoms with Gasteiger partial charge in [-0.1, -0.05) is 22.4 Å². The molecule has 0 bridgehead atoms. The Bertz CT molecular complexity index is 496. The fourth-order valence-corrected chi connectivity index (χ4v) is 2.89. The van der Waals surface area contributed by atoms with Gasteiger partial charge in [-0.2, -0.15) is 0 Å². The zero-order valence-electron chi connectivity index (χ0n) is 10.3. The first-order valence-electron chi connectivity index (χ1n) is 6.20. The summed E-state index contributed by atoms with van der Waals surface area (Å²) in [6.07, 6.45) is 2.38. The number of amides is 1. The molecule has 1 saturated carbocycles. The Hall–Kier alpha value is -1.14. The molecular formula is C13H16BrFN2O2. The molecule has 2 unspecified atom stereocenters. The third kappa shape index (κ3) is 3.25. The molecule has 0 spiro atoms. The lowest BCUT2D eigenvalue weighted by atomic mass is 10.1. The van der Waals surface area contributed by atoms with Gasteiger partial charge in [0.2, 0.25) is 0 Å². The zero-order chi connectivity index (χ0) is 14.0. The second kappa shape index (κ2) is 5.88. The number of primary amides is 1. The molecule has 0 radical (unpaired) electrons. The second-order valence-electron chi connectivity index (χ2n) is 4.81. The number of halogens is 2. The van der Waals surface area contributed by atoms with Crippen molar-refractivity contribution in [1.29, 1.82) is 0 Å². The number of carbonyl (C=O) groups is 1. The van der Waals surface area contributed by atoms with E-state index in [1.807, 2.05) is 0 Å². The van der Waals surface area contributed by atoms with Crippen molar-refractivity contribution in [3.63, 3.8) is 0 Å². The lowest BCUT2D eigenvalue weighted by Crippen LogP contribution is -2.24. The number of aliphatic hydroxyl groups excluding tert-OH is 1. The van der Waals surface area contributed by atoms with Crippen LogP contribution in [-0.4, -0.2) is 23.7 Å². The van der Waals surface area contributed by atoms with Gasteiger partial charge in [-0.25, -0.2) is 4.39 Å². The van der Waals surface area contributed by atoms with Gasteiger partial charge >= 0.3 is 0 Å². The fraction of sp³-hybridized carbons (Fsp3) is 0.462. The molecule has 1 aromatic rings. The van der Waals surface area contributed by atoms with Gasteiger partial charge < -0.3 is 16.2 Å². The van der Waals surface area contributed by atoms with Crippen molar-refractivity contribution in [2.45, 2.75) is 25.4 Å². The molecular weight excluding hydrogens is 315 g/mol. The minimum absolute atomic E-state index is 0.128. The highest BCUT2D eigenvalue weighted by Crippen LogP contribution is 2.28. The van der Waals surface area contributed by atoms with Gasteiger partial charge in [0.05, 0.1) is 17.4 Å². The number of carbonyl (C=O) groups excluding carboxylic acids is 1. The van der Waals surface area contributed by atoms with Crippen LogP contribution in [-0.2, 0) is 0 Å². The summed E-state index contributed by atoms with van der Waals surface area (Å²) in [7, 11) is 0. The normalized spacial score (nSPS) is 22.5. The summed E-state index contributed by atoms with van der Waals surface area (Å²) in [5.74, 6) is -1.33. The number of rotatable bonds is 4. The molecule has 0 aromatic heterocycles. The maximum absolute atomic E-state index is 13.7. The fourth-order valence-electron chi connectivity index (χ4n) is 2.46. The zero-order valence-corrected chi connectivity index (χ0v) is 11.9. The molecule has 0 saturated heterocycles. The smallest absolute Gasteiger partial charge is 0.253 e. The quantitative estimate of drug-likeness (QED) is 0.792. The molecule has 4 N–H and O–H groups in total. The van der Waals surface area contributed by atoms with Gasteiger partial charge in [-0.15, -0.1) is 0 Å². The molecule has 0 aliphatic heterocycles. The van der Waals surface area contributed by atoms with Gasteiger partial charge in [0.1, 0.15) is 5.82 Å². The van der Waals surface area contributed by atoms with Crippen LogP contribution in [0, 0.1) is 11.7 Å². The number of hydrogen-bond donors (Lipinski definition) is 3. The summed E-state index contributed by atoms with van der Waals surface area (Å²) in [4.78, 5) is 11.3. The Morgan fingerprint density at radius 2 is 2.26 bits per heavy atom. The van der Waals surface area contributed by atoms with Crippen molar-refractivity contribution in [1.82, 2.24) is 0 Å². The monoisotopic (exact) mass is 330 g/mol. The average molecular weight is 331 g/mol. The predicted molar refractivity (Wildman–Crippen MR) is 74.5 cm³/mol. The van der Waals surface area contributed by atoms with Crippen LogP contribution in [0.5, 0.6) is 0 Å². The van der Waals surface area contributed by atoms with Crippen LogP contribution in [0.2, 0.25) is 0 Å². The van der Waals surface area contributed by atoms with Gasteiger partial charge in [-0.05, 0) is 25.0 Å². The standard InChI is InChI=1S/C13H16BrFN2O2/c14-8-4-9(15)12(13(16)19)10(5-8)17-6-7-2-1-3-11(7)18/h4-5,7,11,17-18H,1-3,6H2,(H2,16,19). The first kappa shape index (κ1) is 14.3. The maximum Gasteiger partial charge on any atom is 0.253 e. The number of nitrogens with two attached hydrogens (primary N) is 1. The van der Waals surface area contributed by atoms with E-state index >= 15 is 0 Å². The predicted octanol–water partition coefficient (Wildman–Crippen LogP) is 2.26. The van der Waals surface area contributed by atoms with E-state index in [1.165, 1.54) is 6.07 Å². The van der Waals surface area contributed by atoms with Crippen LogP contribution < -0.4 is 11.1 Å². The van der Waals surface area contributed by atoms with E-state index in [9.17, 15) is 14.3 Å². The minimum atomic E-state index is -0.806. The summed E-state index contributed by atoms with van der Waals surface area (Å²) < 4.78 is 14.3. The topological polar surface area (TPSA) is 75.4 Å². The Kier molecular flexibility index (Phi) is 4.42. The highest BCUT2D eigenvalue weighted by Gasteiger charge is 2.25. The van der Waals surface area contributed by atoms with E-state index in [-0.39, 0.29) is 17.6 Å². The van der Waals surface area contributed by atoms with Gasteiger partial charge in [0, 0.05) is 16.9 Å². The number of aliphatic hydroxyl groups is 1. The van der Waals surface area contributed by atoms with E-state index in [1.54, 1.807) is 6.07 Å². The van der Waals surface area contributed by atoms with Crippen LogP contribution in [0.1, 0.15) is 29.6 Å². The van der Waals surface area contributed by atoms with Gasteiger partial charge in [0.25, 0.3) is 5.91 Å². The molecule has 6 heteroatoms. The number of benzene rings is 1. The minimum Gasteiger partial charge on any atom is -0.393 e. The average Bonchev–Trinajstić information content (AvgIpc) is 2.70. The second-order valence-corrected chi connectivity index (χ2v) is 5.73. The van der Waals surface area contributed by atoms with Crippen molar-refractivity contribution in [2.75, 3.05) is 11.9 Å². The Balaban J connectivity index is 2.17. The van der Waals surface area contributed by atoms with Crippen LogP contribution in [0.25, 0.3) is 0 Å². The molecule has 1 aromatic carbocycles. The van der Waals surface area contributed by atoms with Crippen molar-refractivity contribution in [3.8, 4) is 0 Å². The van der Waals surface area contributed by atoms with Crippen molar-refractivity contribution >= 4 is 27.5 Å². The Morgan fingerprint density at radius 3 is 2.84 bits per heavy atom. The van der Waals surface area contributed by atoms with Crippen molar-refractivity contribution in [2.24, 2.45) is 11.7 Å². The summed E-state index contributed by atoms with van der Waals surface area (Å²) in [6, 6.07) is 2.82. The highest BCUT2D eigenvalue weighted by atomic mass is 79.9. The van der Waals surface area contributed by atoms with Gasteiger partial charge in [0.15, 0.2) is 0 Å². The maximum atomic E-state index is 13.7. The Labute approximate surface area is 119 Å². The lowest BCUT2D eigenvalue weighted by Gasteiger charge is -2.17. The van der Waals surface area contributed by atoms with Crippen LogP contribution in [0.3, 0.4) is 0 Å². The van der Waals surface area contributed by atoms with Gasteiger partial charge in [-0.3, -0.25) is 4.79 Å². The van der Waals surface area contributed by atoms with Crippen LogP contribution in [0.15, 0.2) is 16.6 Å². The lowest BCUT2D eigenvalue weighted by molar-refractivity contribution is 0.0997. The molecule has 1 fully saturated rings. The molecule has 104 valence electrons. The summed E-state index contributed by atoms with van der Waals surface area (Å²) in [6.45, 7) is 0.497. The molecule has 0 heterocycles. The molecule has 4 nitrogen and oxygen atoms in total. The van der Waals surface area contributed by atoms with E-state index in [0.717, 1.165) is 19.3 Å². The molecule has 2 rings (SSSR count). The SMILES string of the molecule is NC(=O)c1c(F)cc(Br)cc1NCC1CCCC1O. The molecule has 19 heavy (non-hydrogen) atoms. The van der Waals surface area contributed by atoms with Crippen LogP contribution in [0.4, 0.5) is 10.1 Å². The van der Waals surface area contributed by atoms with Crippen molar-refractivity contribution < 1.29 is 14.3 Å². The van der Waals surface area contributed by atoms with E-state index in [2.05, 4.69) is 21.2 Å². The number of anilines is 1. The molecule has 1 aliphatic rings. The summed E-state index contributed by atoms with van der Waals surface area (Å²) in [5.41, 5.74) is 5.41. The van der Waals surface area contributed by atoms with Crippen molar-refractivity contribution in [3.05, 3.63) is 28.0 Å². The highest BCUT2D eigenvalue weighted by molar-refractivity contribution is 9.10. The van der Waals surface area contributed by atoms with Crippen LogP contribution >= 0.6 is 15.9 Å². The first-order chi connectivity index (χ1) is 8.99. The van der Waals surface area contributed by atoms with E-state index in [0.29, 0.717) is 16.7 Å². The summed E-state index contributed by atoms with van der Waals surface area (Å²) in [5, 5.41) is 12.8.